The SMILES string of the molecule is C[C@H](NC(=O)c1ccc(NS(C)(=O)=O)cc1)c1ccc2c(c1)CCC2. The Morgan fingerprint density at radius 2 is 1.72 bits per heavy atom. The molecule has 2 aromatic carbocycles. The first kappa shape index (κ1) is 17.5. The monoisotopic (exact) mass is 358 g/mol. The molecule has 0 radical (unpaired) electrons. The standard InChI is InChI=1S/C19H22N2O3S/c1-13(16-7-6-14-4-3-5-17(14)12-16)20-19(22)15-8-10-18(11-9-15)21-25(2,23)24/h6-13,21H,3-5H2,1-2H3,(H,20,22)/t13-/m0/s1. The van der Waals surface area contributed by atoms with Crippen LogP contribution in [0.15, 0.2) is 42.5 Å². The highest BCUT2D eigenvalue weighted by Crippen LogP contribution is 2.25. The Morgan fingerprint density at radius 3 is 2.40 bits per heavy atom. The van der Waals surface area contributed by atoms with Crippen LogP contribution < -0.4 is 10.0 Å². The van der Waals surface area contributed by atoms with Gasteiger partial charge in [0.2, 0.25) is 10.0 Å². The molecule has 1 atom stereocenters. The van der Waals surface area contributed by atoms with Crippen molar-refractivity contribution in [1.82, 2.24) is 5.32 Å². The van der Waals surface area contributed by atoms with Crippen LogP contribution in [0, 0.1) is 0 Å². The van der Waals surface area contributed by atoms with Crippen LogP contribution in [-0.2, 0) is 22.9 Å². The summed E-state index contributed by atoms with van der Waals surface area (Å²) in [6, 6.07) is 12.7. The molecular weight excluding hydrogens is 336 g/mol. The third kappa shape index (κ3) is 4.39. The normalized spacial score (nSPS) is 14.6. The summed E-state index contributed by atoms with van der Waals surface area (Å²) in [6.07, 6.45) is 4.54. The van der Waals surface area contributed by atoms with Gasteiger partial charge in [-0.3, -0.25) is 9.52 Å². The fourth-order valence-corrected chi connectivity index (χ4v) is 3.69. The maximum Gasteiger partial charge on any atom is 0.251 e. The third-order valence-electron chi connectivity index (χ3n) is 4.42. The van der Waals surface area contributed by atoms with Crippen molar-refractivity contribution in [2.45, 2.75) is 32.2 Å². The molecule has 2 aromatic rings. The van der Waals surface area contributed by atoms with Crippen molar-refractivity contribution in [3.05, 3.63) is 64.7 Å². The van der Waals surface area contributed by atoms with E-state index in [1.54, 1.807) is 24.3 Å². The van der Waals surface area contributed by atoms with Gasteiger partial charge in [0.25, 0.3) is 5.91 Å². The minimum atomic E-state index is -3.32. The lowest BCUT2D eigenvalue weighted by atomic mass is 10.0. The van der Waals surface area contributed by atoms with E-state index >= 15 is 0 Å². The number of anilines is 1. The lowest BCUT2D eigenvalue weighted by Gasteiger charge is -2.16. The van der Waals surface area contributed by atoms with E-state index < -0.39 is 10.0 Å². The van der Waals surface area contributed by atoms with Crippen molar-refractivity contribution in [2.75, 3.05) is 11.0 Å². The molecule has 1 aliphatic carbocycles. The summed E-state index contributed by atoms with van der Waals surface area (Å²) < 4.78 is 24.8. The van der Waals surface area contributed by atoms with Crippen molar-refractivity contribution in [3.8, 4) is 0 Å². The number of carbonyl (C=O) groups is 1. The Bertz CT molecular complexity index is 889. The largest absolute Gasteiger partial charge is 0.346 e. The summed E-state index contributed by atoms with van der Waals surface area (Å²) in [6.45, 7) is 1.97. The smallest absolute Gasteiger partial charge is 0.251 e. The van der Waals surface area contributed by atoms with Crippen molar-refractivity contribution in [1.29, 1.82) is 0 Å². The van der Waals surface area contributed by atoms with E-state index in [0.29, 0.717) is 11.3 Å². The van der Waals surface area contributed by atoms with Crippen LogP contribution in [-0.4, -0.2) is 20.6 Å². The van der Waals surface area contributed by atoms with Crippen LogP contribution in [0.3, 0.4) is 0 Å². The van der Waals surface area contributed by atoms with Crippen molar-refractivity contribution in [3.63, 3.8) is 0 Å². The molecule has 0 aliphatic heterocycles. The molecule has 2 N–H and O–H groups in total. The number of hydrogen-bond acceptors (Lipinski definition) is 3. The average Bonchev–Trinajstić information content (AvgIpc) is 3.01. The number of fused-ring (bicyclic) bond motifs is 1. The number of benzene rings is 2. The van der Waals surface area contributed by atoms with Crippen LogP contribution in [0.5, 0.6) is 0 Å². The van der Waals surface area contributed by atoms with Crippen LogP contribution in [0.25, 0.3) is 0 Å². The zero-order valence-electron chi connectivity index (χ0n) is 14.4. The molecule has 0 spiro atoms. The number of nitrogens with one attached hydrogen (secondary N) is 2. The number of aryl methyl sites for hydroxylation is 2. The number of sulfonamides is 1. The highest BCUT2D eigenvalue weighted by atomic mass is 32.2. The molecule has 0 heterocycles. The van der Waals surface area contributed by atoms with Crippen LogP contribution in [0.4, 0.5) is 5.69 Å². The molecule has 0 bridgehead atoms. The van der Waals surface area contributed by atoms with Gasteiger partial charge in [-0.25, -0.2) is 8.42 Å². The molecule has 0 saturated heterocycles. The molecule has 1 amide bonds. The third-order valence-corrected chi connectivity index (χ3v) is 5.03. The van der Waals surface area contributed by atoms with Gasteiger partial charge in [-0.2, -0.15) is 0 Å². The number of amides is 1. The lowest BCUT2D eigenvalue weighted by Crippen LogP contribution is -2.26. The van der Waals surface area contributed by atoms with E-state index in [9.17, 15) is 13.2 Å². The summed E-state index contributed by atoms with van der Waals surface area (Å²) in [7, 11) is -3.32. The summed E-state index contributed by atoms with van der Waals surface area (Å²) in [5.74, 6) is -0.182. The van der Waals surface area contributed by atoms with Crippen molar-refractivity contribution in [2.24, 2.45) is 0 Å². The zero-order valence-corrected chi connectivity index (χ0v) is 15.2. The molecule has 1 aliphatic rings. The molecule has 25 heavy (non-hydrogen) atoms. The van der Waals surface area contributed by atoms with Crippen LogP contribution in [0.1, 0.15) is 46.4 Å². The van der Waals surface area contributed by atoms with Gasteiger partial charge >= 0.3 is 0 Å². The van der Waals surface area contributed by atoms with Gasteiger partial charge in [0.15, 0.2) is 0 Å². The lowest BCUT2D eigenvalue weighted by molar-refractivity contribution is 0.0940. The fourth-order valence-electron chi connectivity index (χ4n) is 3.13. The topological polar surface area (TPSA) is 75.3 Å². The van der Waals surface area contributed by atoms with Gasteiger partial charge in [-0.15, -0.1) is 0 Å². The summed E-state index contributed by atoms with van der Waals surface area (Å²) in [4.78, 5) is 12.4. The Kier molecular flexibility index (Phi) is 4.81. The van der Waals surface area contributed by atoms with E-state index in [-0.39, 0.29) is 11.9 Å². The molecule has 132 valence electrons. The maximum absolute atomic E-state index is 12.4. The first-order valence-electron chi connectivity index (χ1n) is 8.32. The van der Waals surface area contributed by atoms with Gasteiger partial charge in [0.05, 0.1) is 12.3 Å². The predicted molar refractivity (Wildman–Crippen MR) is 99.3 cm³/mol. The van der Waals surface area contributed by atoms with Gasteiger partial charge < -0.3 is 5.32 Å². The highest BCUT2D eigenvalue weighted by molar-refractivity contribution is 7.92. The Balaban J connectivity index is 1.67. The second-order valence-electron chi connectivity index (χ2n) is 6.53. The number of carbonyl (C=O) groups excluding carboxylic acids is 1. The van der Waals surface area contributed by atoms with Gasteiger partial charge in [-0.05, 0) is 67.1 Å². The van der Waals surface area contributed by atoms with Crippen LogP contribution in [0.2, 0.25) is 0 Å². The quantitative estimate of drug-likeness (QED) is 0.863. The van der Waals surface area contributed by atoms with E-state index in [2.05, 4.69) is 28.2 Å². The molecule has 0 fully saturated rings. The molecule has 0 unspecified atom stereocenters. The number of rotatable bonds is 5. The van der Waals surface area contributed by atoms with E-state index in [1.807, 2.05) is 6.92 Å². The van der Waals surface area contributed by atoms with E-state index in [4.69, 9.17) is 0 Å². The molecule has 5 nitrogen and oxygen atoms in total. The van der Waals surface area contributed by atoms with Crippen LogP contribution >= 0.6 is 0 Å². The molecular formula is C19H22N2O3S. The second-order valence-corrected chi connectivity index (χ2v) is 8.28. The maximum atomic E-state index is 12.4. The minimum Gasteiger partial charge on any atom is -0.346 e. The Morgan fingerprint density at radius 1 is 1.04 bits per heavy atom. The average molecular weight is 358 g/mol. The van der Waals surface area contributed by atoms with Gasteiger partial charge in [0.1, 0.15) is 0 Å². The van der Waals surface area contributed by atoms with E-state index in [1.165, 1.54) is 17.5 Å². The second kappa shape index (κ2) is 6.88. The van der Waals surface area contributed by atoms with E-state index in [0.717, 1.165) is 24.7 Å². The van der Waals surface area contributed by atoms with Crippen molar-refractivity contribution >= 4 is 21.6 Å². The number of hydrogen-bond donors (Lipinski definition) is 2. The molecule has 3 rings (SSSR count). The Hall–Kier alpha value is -2.34. The van der Waals surface area contributed by atoms with Gasteiger partial charge in [0, 0.05) is 11.3 Å². The molecule has 6 heteroatoms. The first-order valence-corrected chi connectivity index (χ1v) is 10.2. The first-order chi connectivity index (χ1) is 11.8. The summed E-state index contributed by atoms with van der Waals surface area (Å²) in [5, 5.41) is 2.99. The minimum absolute atomic E-state index is 0.0905. The van der Waals surface area contributed by atoms with Crippen molar-refractivity contribution < 1.29 is 13.2 Å². The fraction of sp³-hybridized carbons (Fsp3) is 0.316. The molecule has 0 saturated carbocycles. The highest BCUT2D eigenvalue weighted by Gasteiger charge is 2.15. The zero-order chi connectivity index (χ0) is 18.0. The molecule has 0 aromatic heterocycles. The summed E-state index contributed by atoms with van der Waals surface area (Å²) in [5.41, 5.74) is 4.83. The predicted octanol–water partition coefficient (Wildman–Crippen LogP) is 3.04. The van der Waals surface area contributed by atoms with Gasteiger partial charge in [-0.1, -0.05) is 18.2 Å². The summed E-state index contributed by atoms with van der Waals surface area (Å²) >= 11 is 0. The Labute approximate surface area is 148 Å².